The van der Waals surface area contributed by atoms with Gasteiger partial charge in [-0.25, -0.2) is 0 Å². The summed E-state index contributed by atoms with van der Waals surface area (Å²) in [5.41, 5.74) is 0.788. The summed E-state index contributed by atoms with van der Waals surface area (Å²) in [7, 11) is 0. The molecule has 1 nitrogen and oxygen atoms in total. The number of nitrogens with zero attached hydrogens (tertiary/aromatic N) is 1. The number of thiophene rings is 1. The van der Waals surface area contributed by atoms with Gasteiger partial charge in [-0.1, -0.05) is 6.07 Å². The molecule has 0 unspecified atom stereocenters. The maximum atomic E-state index is 9.01. The molecule has 0 spiro atoms. The van der Waals surface area contributed by atoms with Gasteiger partial charge in [-0.15, -0.1) is 23.1 Å². The number of benzene rings is 1. The molecule has 1 aromatic heterocycles. The maximum Gasteiger partial charge on any atom is 0.0998 e. The van der Waals surface area contributed by atoms with E-state index in [2.05, 4.69) is 25.3 Å². The Bertz CT molecular complexity index is 520. The molecule has 0 aliphatic rings. The highest BCUT2D eigenvalue weighted by molar-refractivity contribution is 7.99. The number of thioether (sulfide) groups is 1. The third kappa shape index (κ3) is 1.31. The Morgan fingerprint density at radius 2 is 2.21 bits per heavy atom. The molecule has 70 valence electrons. The monoisotopic (exact) mass is 219 g/mol. The first-order valence-electron chi connectivity index (χ1n) is 4.24. The van der Waals surface area contributed by atoms with Gasteiger partial charge in [0.25, 0.3) is 0 Å². The lowest BCUT2D eigenvalue weighted by atomic mass is 10.1. The smallest absolute Gasteiger partial charge is 0.0998 e. The van der Waals surface area contributed by atoms with Crippen LogP contribution < -0.4 is 0 Å². The highest BCUT2D eigenvalue weighted by atomic mass is 32.2. The number of rotatable bonds is 1. The van der Waals surface area contributed by atoms with Crippen molar-refractivity contribution in [1.29, 1.82) is 5.26 Å². The van der Waals surface area contributed by atoms with E-state index in [-0.39, 0.29) is 0 Å². The minimum Gasteiger partial charge on any atom is -0.192 e. The lowest BCUT2D eigenvalue weighted by Gasteiger charge is -1.97. The van der Waals surface area contributed by atoms with Crippen LogP contribution in [0.3, 0.4) is 0 Å². The van der Waals surface area contributed by atoms with Gasteiger partial charge in [0.05, 0.1) is 11.6 Å². The van der Waals surface area contributed by atoms with Gasteiger partial charge >= 0.3 is 0 Å². The second kappa shape index (κ2) is 3.64. The van der Waals surface area contributed by atoms with Crippen LogP contribution in [0.1, 0.15) is 10.4 Å². The predicted molar refractivity (Wildman–Crippen MR) is 63.1 cm³/mol. The van der Waals surface area contributed by atoms with Crippen LogP contribution in [0.4, 0.5) is 0 Å². The quantitative estimate of drug-likeness (QED) is 0.681. The summed E-state index contributed by atoms with van der Waals surface area (Å²) in [5.74, 6) is 0. The summed E-state index contributed by atoms with van der Waals surface area (Å²) < 4.78 is 1.21. The van der Waals surface area contributed by atoms with Crippen LogP contribution in [-0.2, 0) is 0 Å². The number of hydrogen-bond donors (Lipinski definition) is 0. The van der Waals surface area contributed by atoms with E-state index >= 15 is 0 Å². The van der Waals surface area contributed by atoms with Crippen molar-refractivity contribution in [2.24, 2.45) is 0 Å². The Kier molecular flexibility index (Phi) is 2.49. The third-order valence-corrected chi connectivity index (χ3v) is 4.28. The molecule has 3 heteroatoms. The SMILES string of the molecule is CSc1c(C)sc2cccc(C#N)c12. The van der Waals surface area contributed by atoms with Crippen molar-refractivity contribution in [3.63, 3.8) is 0 Å². The molecular weight excluding hydrogens is 210 g/mol. The summed E-state index contributed by atoms with van der Waals surface area (Å²) in [6.07, 6.45) is 2.06. The van der Waals surface area contributed by atoms with Gasteiger partial charge in [-0.3, -0.25) is 0 Å². The van der Waals surface area contributed by atoms with Crippen molar-refractivity contribution in [3.05, 3.63) is 28.6 Å². The lowest BCUT2D eigenvalue weighted by Crippen LogP contribution is -1.77. The molecule has 0 fully saturated rings. The Balaban J connectivity index is 2.91. The standard InChI is InChI=1S/C11H9NS2/c1-7-11(13-2)10-8(6-12)4-3-5-9(10)14-7/h3-5H,1-2H3. The van der Waals surface area contributed by atoms with Crippen molar-refractivity contribution in [2.45, 2.75) is 11.8 Å². The van der Waals surface area contributed by atoms with E-state index in [1.807, 2.05) is 12.1 Å². The Morgan fingerprint density at radius 1 is 1.43 bits per heavy atom. The van der Waals surface area contributed by atoms with Crippen molar-refractivity contribution in [3.8, 4) is 6.07 Å². The molecule has 0 bridgehead atoms. The molecule has 1 aromatic carbocycles. The minimum absolute atomic E-state index is 0.788. The first-order chi connectivity index (χ1) is 6.77. The van der Waals surface area contributed by atoms with Crippen LogP contribution in [-0.4, -0.2) is 6.26 Å². The molecule has 2 aromatic rings. The fourth-order valence-corrected chi connectivity index (χ4v) is 3.71. The Morgan fingerprint density at radius 3 is 2.86 bits per heavy atom. The van der Waals surface area contributed by atoms with Crippen LogP contribution in [0, 0.1) is 18.3 Å². The number of aryl methyl sites for hydroxylation is 1. The molecule has 0 saturated carbocycles. The molecule has 0 aliphatic heterocycles. The first kappa shape index (κ1) is 9.57. The van der Waals surface area contributed by atoms with Crippen molar-refractivity contribution < 1.29 is 0 Å². The van der Waals surface area contributed by atoms with E-state index in [1.165, 1.54) is 14.5 Å². The van der Waals surface area contributed by atoms with Gasteiger partial charge in [0.2, 0.25) is 0 Å². The summed E-state index contributed by atoms with van der Waals surface area (Å²) in [4.78, 5) is 2.55. The van der Waals surface area contributed by atoms with Crippen LogP contribution in [0.25, 0.3) is 10.1 Å². The van der Waals surface area contributed by atoms with Crippen molar-refractivity contribution in [1.82, 2.24) is 0 Å². The molecule has 0 atom stereocenters. The second-order valence-corrected chi connectivity index (χ2v) is 5.05. The maximum absolute atomic E-state index is 9.01. The van der Waals surface area contributed by atoms with Gasteiger partial charge in [-0.2, -0.15) is 5.26 Å². The molecule has 0 radical (unpaired) electrons. The normalized spacial score (nSPS) is 10.4. The Hall–Kier alpha value is -0.980. The average Bonchev–Trinajstić information content (AvgIpc) is 2.52. The molecule has 14 heavy (non-hydrogen) atoms. The summed E-state index contributed by atoms with van der Waals surface area (Å²) in [6.45, 7) is 2.11. The highest BCUT2D eigenvalue weighted by Gasteiger charge is 2.11. The van der Waals surface area contributed by atoms with Gasteiger partial charge in [0.15, 0.2) is 0 Å². The van der Waals surface area contributed by atoms with E-state index in [0.29, 0.717) is 0 Å². The molecule has 0 saturated heterocycles. The zero-order valence-electron chi connectivity index (χ0n) is 8.00. The van der Waals surface area contributed by atoms with Crippen molar-refractivity contribution in [2.75, 3.05) is 6.26 Å². The van der Waals surface area contributed by atoms with Crippen LogP contribution >= 0.6 is 23.1 Å². The zero-order chi connectivity index (χ0) is 10.1. The lowest BCUT2D eigenvalue weighted by molar-refractivity contribution is 1.44. The van der Waals surface area contributed by atoms with E-state index in [9.17, 15) is 0 Å². The number of fused-ring (bicyclic) bond motifs is 1. The number of nitriles is 1. The van der Waals surface area contributed by atoms with Crippen LogP contribution in [0.5, 0.6) is 0 Å². The molecule has 0 N–H and O–H groups in total. The van der Waals surface area contributed by atoms with Crippen LogP contribution in [0.2, 0.25) is 0 Å². The fraction of sp³-hybridized carbons (Fsp3) is 0.182. The predicted octanol–water partition coefficient (Wildman–Crippen LogP) is 3.80. The van der Waals surface area contributed by atoms with E-state index < -0.39 is 0 Å². The average molecular weight is 219 g/mol. The molecule has 2 rings (SSSR count). The second-order valence-electron chi connectivity index (χ2n) is 2.98. The number of hydrogen-bond acceptors (Lipinski definition) is 3. The zero-order valence-corrected chi connectivity index (χ0v) is 9.63. The summed E-state index contributed by atoms with van der Waals surface area (Å²) >= 11 is 3.48. The topological polar surface area (TPSA) is 23.8 Å². The van der Waals surface area contributed by atoms with Crippen molar-refractivity contribution >= 4 is 33.2 Å². The van der Waals surface area contributed by atoms with E-state index in [0.717, 1.165) is 10.9 Å². The molecular formula is C11H9NS2. The first-order valence-corrected chi connectivity index (χ1v) is 6.28. The third-order valence-electron chi connectivity index (χ3n) is 2.16. The van der Waals surface area contributed by atoms with Gasteiger partial charge < -0.3 is 0 Å². The Labute approximate surface area is 91.4 Å². The summed E-state index contributed by atoms with van der Waals surface area (Å²) in [6, 6.07) is 8.16. The molecule has 1 heterocycles. The molecule has 0 amide bonds. The minimum atomic E-state index is 0.788. The van der Waals surface area contributed by atoms with Gasteiger partial charge in [-0.05, 0) is 25.3 Å². The largest absolute Gasteiger partial charge is 0.192 e. The van der Waals surface area contributed by atoms with Gasteiger partial charge in [0, 0.05) is 19.9 Å². The van der Waals surface area contributed by atoms with Gasteiger partial charge in [0.1, 0.15) is 0 Å². The van der Waals surface area contributed by atoms with Crippen LogP contribution in [0.15, 0.2) is 23.1 Å². The highest BCUT2D eigenvalue weighted by Crippen LogP contribution is 2.38. The fourth-order valence-electron chi connectivity index (χ4n) is 1.58. The van der Waals surface area contributed by atoms with E-state index in [4.69, 9.17) is 5.26 Å². The van der Waals surface area contributed by atoms with E-state index in [1.54, 1.807) is 23.1 Å². The molecule has 0 aliphatic carbocycles. The summed E-state index contributed by atoms with van der Waals surface area (Å²) in [5, 5.41) is 10.1.